The van der Waals surface area contributed by atoms with Crippen molar-refractivity contribution in [1.29, 1.82) is 0 Å². The average Bonchev–Trinajstić information content (AvgIpc) is 3.13. The molecule has 2 atom stereocenters. The number of rotatable bonds is 28. The first-order valence-electron chi connectivity index (χ1n) is 19.2. The van der Waals surface area contributed by atoms with Crippen LogP contribution in [-0.4, -0.2) is 141 Å². The minimum atomic E-state index is -3.07. The third-order valence-corrected chi connectivity index (χ3v) is 16.7. The number of nitrogens with zero attached hydrogens (tertiary/aromatic N) is 1. The molecule has 14 heteroatoms. The van der Waals surface area contributed by atoms with Crippen LogP contribution in [0.15, 0.2) is 0 Å². The van der Waals surface area contributed by atoms with Crippen LogP contribution in [0.2, 0.25) is 6.04 Å². The van der Waals surface area contributed by atoms with E-state index >= 15 is 0 Å². The van der Waals surface area contributed by atoms with E-state index in [-0.39, 0.29) is 17.6 Å². The molecule has 0 heterocycles. The maximum atomic E-state index is 10.7. The Morgan fingerprint density at radius 3 is 1.76 bits per heavy atom. The number of ether oxygens (including phenoxy) is 4. The smallest absolute Gasteiger partial charge is 0.389 e. The van der Waals surface area contributed by atoms with Crippen molar-refractivity contribution in [2.75, 3.05) is 88.7 Å². The van der Waals surface area contributed by atoms with Crippen LogP contribution in [0, 0.1) is 17.3 Å². The maximum Gasteiger partial charge on any atom is 0.559 e. The van der Waals surface area contributed by atoms with Crippen LogP contribution < -0.4 is 0 Å². The van der Waals surface area contributed by atoms with Crippen molar-refractivity contribution in [2.45, 2.75) is 129 Å². The maximum absolute atomic E-state index is 10.7. The van der Waals surface area contributed by atoms with Crippen molar-refractivity contribution in [3.63, 3.8) is 0 Å². The Bertz CT molecular complexity index is 835. The van der Waals surface area contributed by atoms with Gasteiger partial charge in [-0.1, -0.05) is 27.2 Å². The highest BCUT2D eigenvalue weighted by Crippen LogP contribution is 2.49. The summed E-state index contributed by atoms with van der Waals surface area (Å²) in [6.07, 6.45) is 11.8. The third kappa shape index (κ3) is 14.3. The Hall–Kier alpha value is -0.0462. The first-order chi connectivity index (χ1) is 24.0. The minimum Gasteiger partial charge on any atom is -0.389 e. The summed E-state index contributed by atoms with van der Waals surface area (Å²) in [6.45, 7) is 13.4. The predicted octanol–water partition coefficient (Wildman–Crippen LogP) is 5.69. The summed E-state index contributed by atoms with van der Waals surface area (Å²) in [7, 11) is 4.09. The van der Waals surface area contributed by atoms with Gasteiger partial charge in [0.25, 0.3) is 0 Å². The first-order valence-corrected chi connectivity index (χ1v) is 22.9. The van der Waals surface area contributed by atoms with Gasteiger partial charge in [-0.2, -0.15) is 0 Å². The topological polar surface area (TPSA) is 116 Å². The van der Waals surface area contributed by atoms with E-state index in [1.165, 1.54) is 12.8 Å². The van der Waals surface area contributed by atoms with Gasteiger partial charge in [0.15, 0.2) is 0 Å². The molecule has 2 fully saturated rings. The highest BCUT2D eigenvalue weighted by atomic mass is 28.4. The second-order valence-corrected chi connectivity index (χ2v) is 20.6. The van der Waals surface area contributed by atoms with Crippen LogP contribution in [0.4, 0.5) is 0 Å². The largest absolute Gasteiger partial charge is 0.559 e. The fraction of sp³-hybridized carbons (Fsp3) is 1.00. The lowest BCUT2D eigenvalue weighted by Crippen LogP contribution is -2.58. The van der Waals surface area contributed by atoms with Gasteiger partial charge in [0, 0.05) is 61.9 Å². The van der Waals surface area contributed by atoms with Crippen molar-refractivity contribution >= 4 is 17.6 Å². The van der Waals surface area contributed by atoms with Crippen molar-refractivity contribution < 1.29 is 50.6 Å². The molecule has 0 spiro atoms. The normalized spacial score (nSPS) is 23.8. The van der Waals surface area contributed by atoms with Crippen LogP contribution in [0.3, 0.4) is 0 Å². The van der Waals surface area contributed by atoms with Gasteiger partial charge in [-0.05, 0) is 101 Å². The Morgan fingerprint density at radius 2 is 1.26 bits per heavy atom. The second-order valence-electron chi connectivity index (χ2n) is 14.6. The van der Waals surface area contributed by atoms with Gasteiger partial charge >= 0.3 is 17.6 Å². The van der Waals surface area contributed by atoms with E-state index in [0.717, 1.165) is 76.9 Å². The quantitative estimate of drug-likeness (QED) is 0.0602. The summed E-state index contributed by atoms with van der Waals surface area (Å²) in [5, 5.41) is 10.7. The highest BCUT2D eigenvalue weighted by molar-refractivity contribution is 6.61. The number of aliphatic hydroxyl groups excluding tert-OH is 1. The van der Waals surface area contributed by atoms with Gasteiger partial charge in [-0.25, -0.2) is 0 Å². The number of hydrogen-bond donors (Lipinski definition) is 1. The lowest BCUT2D eigenvalue weighted by Gasteiger charge is -2.47. The van der Waals surface area contributed by atoms with Crippen LogP contribution in [-0.2, 0) is 45.5 Å². The Labute approximate surface area is 307 Å². The van der Waals surface area contributed by atoms with E-state index in [0.29, 0.717) is 44.8 Å². The number of hydrogen-bond acceptors (Lipinski definition) is 12. The minimum absolute atomic E-state index is 0.110. The molecule has 2 saturated carbocycles. The highest BCUT2D eigenvalue weighted by Gasteiger charge is 2.51. The second kappa shape index (κ2) is 24.4. The number of aliphatic hydroxyl groups is 1. The monoisotopic (exact) mass is 753 g/mol. The Kier molecular flexibility index (Phi) is 22.5. The zero-order valence-electron chi connectivity index (χ0n) is 33.4. The lowest BCUT2D eigenvalue weighted by atomic mass is 9.60. The standard InChI is InChI=1S/C36H75NO11Si2/c1-11-13-23-37(24-14-27-49(39-5,40-6)41-7)28-32(38)29-45-25-26-47-33-19-15-30(16-20-33)36(3,4)31-17-21-34(22-18-31)48-35(46-12-2)50(42-8,43-9)44-10/h30-35,38H,11-29H2,1-10H3. The molecule has 50 heavy (non-hydrogen) atoms. The molecule has 0 saturated heterocycles. The van der Waals surface area contributed by atoms with Crippen molar-refractivity contribution in [1.82, 2.24) is 4.90 Å². The summed E-state index contributed by atoms with van der Waals surface area (Å²) in [5.74, 6) is 0.737. The molecular weight excluding hydrogens is 679 g/mol. The fourth-order valence-electron chi connectivity index (χ4n) is 7.93. The molecule has 12 nitrogen and oxygen atoms in total. The van der Waals surface area contributed by atoms with E-state index in [1.807, 2.05) is 6.92 Å². The molecule has 298 valence electrons. The van der Waals surface area contributed by atoms with Crippen molar-refractivity contribution in [3.05, 3.63) is 0 Å². The molecule has 0 aromatic rings. The van der Waals surface area contributed by atoms with Crippen LogP contribution in [0.1, 0.15) is 98.3 Å². The molecule has 2 unspecified atom stereocenters. The third-order valence-electron chi connectivity index (χ3n) is 11.3. The van der Waals surface area contributed by atoms with Gasteiger partial charge in [-0.15, -0.1) is 0 Å². The molecule has 1 N–H and O–H groups in total. The average molecular weight is 754 g/mol. The van der Waals surface area contributed by atoms with Gasteiger partial charge in [0.1, 0.15) is 0 Å². The molecule has 0 amide bonds. The van der Waals surface area contributed by atoms with Crippen molar-refractivity contribution in [3.8, 4) is 0 Å². The summed E-state index contributed by atoms with van der Waals surface area (Å²) in [6, 6.07) is 0.747. The van der Waals surface area contributed by atoms with Gasteiger partial charge < -0.3 is 55.5 Å². The molecule has 2 aliphatic rings. The molecule has 0 aromatic heterocycles. The molecule has 0 radical (unpaired) electrons. The molecule has 0 aliphatic heterocycles. The molecular formula is C36H75NO11Si2. The van der Waals surface area contributed by atoms with Crippen LogP contribution in [0.5, 0.6) is 0 Å². The molecule has 0 aromatic carbocycles. The SMILES string of the molecule is CCCCN(CCC[Si](OC)(OC)OC)CC(O)COCCOC1CCC(C(C)(C)C2CCC(OC(OCC)[Si](OC)(OC)OC)CC2)CC1. The van der Waals surface area contributed by atoms with Crippen LogP contribution >= 0.6 is 0 Å². The van der Waals surface area contributed by atoms with Gasteiger partial charge in [-0.3, -0.25) is 0 Å². The predicted molar refractivity (Wildman–Crippen MR) is 199 cm³/mol. The summed E-state index contributed by atoms with van der Waals surface area (Å²) in [5.41, 5.74) is 0.270. The van der Waals surface area contributed by atoms with Gasteiger partial charge in [0.2, 0.25) is 5.91 Å². The Morgan fingerprint density at radius 1 is 0.720 bits per heavy atom. The number of unbranched alkanes of at least 4 members (excludes halogenated alkanes) is 1. The molecule has 2 rings (SSSR count). The van der Waals surface area contributed by atoms with Crippen molar-refractivity contribution in [2.24, 2.45) is 17.3 Å². The van der Waals surface area contributed by atoms with E-state index < -0.39 is 29.6 Å². The summed E-state index contributed by atoms with van der Waals surface area (Å²) >= 11 is 0. The van der Waals surface area contributed by atoms with E-state index in [4.69, 9.17) is 45.5 Å². The molecule has 2 aliphatic carbocycles. The van der Waals surface area contributed by atoms with Crippen LogP contribution in [0.25, 0.3) is 0 Å². The summed E-state index contributed by atoms with van der Waals surface area (Å²) in [4.78, 5) is 2.31. The fourth-order valence-corrected chi connectivity index (χ4v) is 11.4. The zero-order chi connectivity index (χ0) is 37.0. The zero-order valence-corrected chi connectivity index (χ0v) is 35.4. The summed E-state index contributed by atoms with van der Waals surface area (Å²) < 4.78 is 58.1. The van der Waals surface area contributed by atoms with E-state index in [9.17, 15) is 5.11 Å². The lowest BCUT2D eigenvalue weighted by molar-refractivity contribution is -0.169. The Balaban J connectivity index is 1.69. The molecule has 0 bridgehead atoms. The first kappa shape index (κ1) is 46.1. The van der Waals surface area contributed by atoms with E-state index in [1.54, 1.807) is 42.7 Å². The van der Waals surface area contributed by atoms with Gasteiger partial charge in [0.05, 0.1) is 38.1 Å². The van der Waals surface area contributed by atoms with E-state index in [2.05, 4.69) is 25.7 Å².